The van der Waals surface area contributed by atoms with E-state index in [0.29, 0.717) is 11.3 Å². The van der Waals surface area contributed by atoms with Gasteiger partial charge in [-0.25, -0.2) is 0 Å². The lowest BCUT2D eigenvalue weighted by atomic mass is 10.1. The number of hydrogen-bond acceptors (Lipinski definition) is 3. The second-order valence-electron chi connectivity index (χ2n) is 5.02. The van der Waals surface area contributed by atoms with Crippen LogP contribution in [0.15, 0.2) is 48.5 Å². The molecule has 0 aliphatic rings. The summed E-state index contributed by atoms with van der Waals surface area (Å²) in [7, 11) is 1.93. The van der Waals surface area contributed by atoms with Crippen molar-refractivity contribution in [2.75, 3.05) is 13.6 Å². The third-order valence-electron chi connectivity index (χ3n) is 3.35. The van der Waals surface area contributed by atoms with E-state index in [-0.39, 0.29) is 6.10 Å². The topological polar surface area (TPSA) is 45.0 Å². The number of aryl methyl sites for hydroxylation is 1. The van der Waals surface area contributed by atoms with Crippen molar-refractivity contribution < 1.29 is 4.74 Å². The van der Waals surface area contributed by atoms with Gasteiger partial charge in [-0.2, -0.15) is 5.26 Å². The molecule has 3 nitrogen and oxygen atoms in total. The molecule has 0 saturated heterocycles. The molecular weight excluding hydrogens is 260 g/mol. The molecule has 2 aromatic rings. The van der Waals surface area contributed by atoms with Gasteiger partial charge in [0.25, 0.3) is 0 Å². The molecule has 0 aromatic heterocycles. The van der Waals surface area contributed by atoms with Gasteiger partial charge in [0.05, 0.1) is 5.56 Å². The molecule has 2 rings (SSSR count). The number of nitrogens with zero attached hydrogens (tertiary/aromatic N) is 1. The first-order chi connectivity index (χ1) is 10.2. The molecule has 0 aliphatic heterocycles. The van der Waals surface area contributed by atoms with Gasteiger partial charge in [0.1, 0.15) is 17.9 Å². The van der Waals surface area contributed by atoms with Gasteiger partial charge in [-0.1, -0.05) is 36.4 Å². The van der Waals surface area contributed by atoms with Crippen LogP contribution in [0.25, 0.3) is 0 Å². The molecule has 3 heteroatoms. The number of rotatable bonds is 6. The lowest BCUT2D eigenvalue weighted by Gasteiger charge is -2.20. The standard InChI is InChI=1S/C18H20N2O/c1-14-8-9-16(13-19)18(12-14)21-17(10-11-20-2)15-6-4-3-5-7-15/h3-9,12,17,20H,10-11H2,1-2H3/t17-/m1/s1. The highest BCUT2D eigenvalue weighted by Crippen LogP contribution is 2.28. The molecule has 2 aromatic carbocycles. The van der Waals surface area contributed by atoms with Crippen LogP contribution >= 0.6 is 0 Å². The Balaban J connectivity index is 2.27. The van der Waals surface area contributed by atoms with Crippen LogP contribution in [0.3, 0.4) is 0 Å². The van der Waals surface area contributed by atoms with Gasteiger partial charge in [-0.3, -0.25) is 0 Å². The molecule has 0 radical (unpaired) electrons. The Bertz CT molecular complexity index is 617. The van der Waals surface area contributed by atoms with Crippen molar-refractivity contribution in [1.82, 2.24) is 5.32 Å². The fourth-order valence-electron chi connectivity index (χ4n) is 2.21. The van der Waals surface area contributed by atoms with E-state index in [1.165, 1.54) is 0 Å². The average molecular weight is 280 g/mol. The maximum Gasteiger partial charge on any atom is 0.138 e. The van der Waals surface area contributed by atoms with E-state index >= 15 is 0 Å². The normalized spacial score (nSPS) is 11.7. The SMILES string of the molecule is CNCC[C@@H](Oc1cc(C)ccc1C#N)c1ccccc1. The molecule has 21 heavy (non-hydrogen) atoms. The molecular formula is C18H20N2O. The third-order valence-corrected chi connectivity index (χ3v) is 3.35. The third kappa shape index (κ3) is 4.08. The fraction of sp³-hybridized carbons (Fsp3) is 0.278. The zero-order chi connectivity index (χ0) is 15.1. The average Bonchev–Trinajstić information content (AvgIpc) is 2.52. The Morgan fingerprint density at radius 2 is 1.95 bits per heavy atom. The van der Waals surface area contributed by atoms with E-state index in [1.54, 1.807) is 0 Å². The van der Waals surface area contributed by atoms with Gasteiger partial charge in [0.15, 0.2) is 0 Å². The predicted octanol–water partition coefficient (Wildman–Crippen LogP) is 3.60. The minimum atomic E-state index is -0.0625. The van der Waals surface area contributed by atoms with Crippen molar-refractivity contribution in [2.45, 2.75) is 19.4 Å². The number of hydrogen-bond donors (Lipinski definition) is 1. The lowest BCUT2D eigenvalue weighted by molar-refractivity contribution is 0.194. The Hall–Kier alpha value is -2.31. The van der Waals surface area contributed by atoms with Crippen LogP contribution in [-0.4, -0.2) is 13.6 Å². The van der Waals surface area contributed by atoms with E-state index in [1.807, 2.05) is 50.4 Å². The maximum atomic E-state index is 9.23. The highest BCUT2D eigenvalue weighted by Gasteiger charge is 2.15. The summed E-state index contributed by atoms with van der Waals surface area (Å²) < 4.78 is 6.14. The Morgan fingerprint density at radius 1 is 1.19 bits per heavy atom. The van der Waals surface area contributed by atoms with Crippen LogP contribution in [0.4, 0.5) is 0 Å². The smallest absolute Gasteiger partial charge is 0.138 e. The maximum absolute atomic E-state index is 9.23. The molecule has 0 bridgehead atoms. The van der Waals surface area contributed by atoms with Crippen LogP contribution in [-0.2, 0) is 0 Å². The van der Waals surface area contributed by atoms with E-state index in [0.717, 1.165) is 24.1 Å². The van der Waals surface area contributed by atoms with E-state index in [9.17, 15) is 5.26 Å². The summed E-state index contributed by atoms with van der Waals surface area (Å²) in [6.07, 6.45) is 0.784. The van der Waals surface area contributed by atoms with Gasteiger partial charge < -0.3 is 10.1 Å². The van der Waals surface area contributed by atoms with Crippen LogP contribution in [0.2, 0.25) is 0 Å². The van der Waals surface area contributed by atoms with Crippen LogP contribution in [0.1, 0.15) is 29.2 Å². The zero-order valence-electron chi connectivity index (χ0n) is 12.5. The van der Waals surface area contributed by atoms with Crippen molar-refractivity contribution in [3.63, 3.8) is 0 Å². The van der Waals surface area contributed by atoms with Crippen molar-refractivity contribution in [1.29, 1.82) is 5.26 Å². The van der Waals surface area contributed by atoms with Gasteiger partial charge >= 0.3 is 0 Å². The van der Waals surface area contributed by atoms with Crippen molar-refractivity contribution in [3.8, 4) is 11.8 Å². The first-order valence-electron chi connectivity index (χ1n) is 7.11. The van der Waals surface area contributed by atoms with E-state index in [2.05, 4.69) is 23.5 Å². The predicted molar refractivity (Wildman–Crippen MR) is 84.2 cm³/mol. The van der Waals surface area contributed by atoms with E-state index in [4.69, 9.17) is 4.74 Å². The van der Waals surface area contributed by atoms with Crippen LogP contribution in [0.5, 0.6) is 5.75 Å². The second-order valence-corrected chi connectivity index (χ2v) is 5.02. The summed E-state index contributed by atoms with van der Waals surface area (Å²) >= 11 is 0. The summed E-state index contributed by atoms with van der Waals surface area (Å²) in [5.74, 6) is 0.655. The molecule has 108 valence electrons. The molecule has 1 N–H and O–H groups in total. The highest BCUT2D eigenvalue weighted by molar-refractivity contribution is 5.45. The Morgan fingerprint density at radius 3 is 2.62 bits per heavy atom. The molecule has 0 fully saturated rings. The fourth-order valence-corrected chi connectivity index (χ4v) is 2.21. The van der Waals surface area contributed by atoms with Crippen molar-refractivity contribution in [2.24, 2.45) is 0 Å². The number of nitrogens with one attached hydrogen (secondary N) is 1. The van der Waals surface area contributed by atoms with E-state index < -0.39 is 0 Å². The molecule has 0 saturated carbocycles. The minimum absolute atomic E-state index is 0.0625. The zero-order valence-corrected chi connectivity index (χ0v) is 12.5. The quantitative estimate of drug-likeness (QED) is 0.879. The second kappa shape index (κ2) is 7.47. The number of nitriles is 1. The minimum Gasteiger partial charge on any atom is -0.484 e. The summed E-state index contributed by atoms with van der Waals surface area (Å²) in [5, 5.41) is 12.4. The Kier molecular flexibility index (Phi) is 5.36. The first-order valence-corrected chi connectivity index (χ1v) is 7.11. The summed E-state index contributed by atoms with van der Waals surface area (Å²) in [5.41, 5.74) is 2.79. The lowest BCUT2D eigenvalue weighted by Crippen LogP contribution is -2.16. The van der Waals surface area contributed by atoms with Gasteiger partial charge in [-0.15, -0.1) is 0 Å². The largest absolute Gasteiger partial charge is 0.484 e. The van der Waals surface area contributed by atoms with Gasteiger partial charge in [0.2, 0.25) is 0 Å². The summed E-state index contributed by atoms with van der Waals surface area (Å²) in [6.45, 7) is 2.85. The van der Waals surface area contributed by atoms with Gasteiger partial charge in [0, 0.05) is 6.42 Å². The monoisotopic (exact) mass is 280 g/mol. The van der Waals surface area contributed by atoms with Crippen LogP contribution in [0, 0.1) is 18.3 Å². The summed E-state index contributed by atoms with van der Waals surface area (Å²) in [4.78, 5) is 0. The van der Waals surface area contributed by atoms with Gasteiger partial charge in [-0.05, 0) is 43.8 Å². The number of ether oxygens (including phenoxy) is 1. The first kappa shape index (κ1) is 15.1. The van der Waals surface area contributed by atoms with Crippen molar-refractivity contribution >= 4 is 0 Å². The molecule has 0 amide bonds. The van der Waals surface area contributed by atoms with Crippen molar-refractivity contribution in [3.05, 3.63) is 65.2 Å². The highest BCUT2D eigenvalue weighted by atomic mass is 16.5. The summed E-state index contributed by atoms with van der Waals surface area (Å²) in [6, 6.07) is 18.0. The Labute approximate surface area is 126 Å². The van der Waals surface area contributed by atoms with Crippen LogP contribution < -0.4 is 10.1 Å². The number of benzene rings is 2. The molecule has 1 atom stereocenters. The molecule has 0 aliphatic carbocycles. The molecule has 0 spiro atoms. The molecule has 0 heterocycles. The molecule has 0 unspecified atom stereocenters.